The van der Waals surface area contributed by atoms with Crippen molar-refractivity contribution in [3.63, 3.8) is 0 Å². The van der Waals surface area contributed by atoms with Crippen LogP contribution in [0.3, 0.4) is 0 Å². The summed E-state index contributed by atoms with van der Waals surface area (Å²) < 4.78 is 12.3. The second-order valence-electron chi connectivity index (χ2n) is 6.73. The summed E-state index contributed by atoms with van der Waals surface area (Å²) in [4.78, 5) is 16.9. The van der Waals surface area contributed by atoms with Crippen molar-refractivity contribution in [1.29, 1.82) is 0 Å². The Kier molecular flexibility index (Phi) is 4.15. The molecule has 0 bridgehead atoms. The first-order valence-electron chi connectivity index (χ1n) is 8.57. The molecule has 26 heavy (non-hydrogen) atoms. The minimum atomic E-state index is -1.01. The van der Waals surface area contributed by atoms with Crippen LogP contribution in [0, 0.1) is 0 Å². The minimum Gasteiger partial charge on any atom is -0.465 e. The predicted molar refractivity (Wildman–Crippen MR) is 95.9 cm³/mol. The average Bonchev–Trinajstić information content (AvgIpc) is 2.99. The van der Waals surface area contributed by atoms with E-state index in [0.717, 1.165) is 24.2 Å². The zero-order chi connectivity index (χ0) is 18.3. The monoisotopic (exact) mass is 374 g/mol. The third-order valence-electron chi connectivity index (χ3n) is 5.01. The van der Waals surface area contributed by atoms with Crippen LogP contribution < -0.4 is 9.47 Å². The second kappa shape index (κ2) is 6.36. The lowest BCUT2D eigenvalue weighted by Crippen LogP contribution is -2.37. The van der Waals surface area contributed by atoms with E-state index in [9.17, 15) is 4.79 Å². The topological polar surface area (TPSA) is 71.9 Å². The summed E-state index contributed by atoms with van der Waals surface area (Å²) in [6.07, 6.45) is 2.24. The molecule has 1 atom stereocenters. The first-order valence-corrected chi connectivity index (χ1v) is 8.95. The molecule has 1 amide bonds. The largest absolute Gasteiger partial charge is 0.465 e. The molecule has 2 aliphatic rings. The van der Waals surface area contributed by atoms with Gasteiger partial charge in [0.05, 0.1) is 5.02 Å². The molecule has 2 aromatic rings. The Morgan fingerprint density at radius 2 is 2.04 bits per heavy atom. The Hall–Kier alpha value is -2.47. The smallest absolute Gasteiger partial charge is 0.407 e. The molecule has 6 nitrogen and oxygen atoms in total. The predicted octanol–water partition coefficient (Wildman–Crippen LogP) is 4.24. The first-order chi connectivity index (χ1) is 12.5. The third kappa shape index (κ3) is 2.94. The Bertz CT molecular complexity index is 834. The molecule has 4 rings (SSSR count). The van der Waals surface area contributed by atoms with Crippen LogP contribution in [0.25, 0.3) is 0 Å². The van der Waals surface area contributed by atoms with Crippen molar-refractivity contribution in [3.05, 3.63) is 52.8 Å². The van der Waals surface area contributed by atoms with E-state index in [1.165, 1.54) is 4.90 Å². The van der Waals surface area contributed by atoms with Gasteiger partial charge in [0.1, 0.15) is 5.69 Å². The molecule has 1 unspecified atom stereocenters. The zero-order valence-electron chi connectivity index (χ0n) is 14.3. The molecule has 7 heteroatoms. The summed E-state index contributed by atoms with van der Waals surface area (Å²) in [5, 5.41) is 9.68. The SMILES string of the molecule is CC1(c2ccc(Cl)cn2)Oc2cccc(C3CCN(C(=O)O)CC3)c2O1. The van der Waals surface area contributed by atoms with Crippen molar-refractivity contribution >= 4 is 17.7 Å². The molecule has 1 N–H and O–H groups in total. The van der Waals surface area contributed by atoms with Gasteiger partial charge in [-0.1, -0.05) is 23.7 Å². The van der Waals surface area contributed by atoms with Crippen LogP contribution in [0.1, 0.15) is 36.9 Å². The Morgan fingerprint density at radius 3 is 2.69 bits per heavy atom. The lowest BCUT2D eigenvalue weighted by atomic mass is 9.89. The Balaban J connectivity index is 1.59. The number of nitrogens with zero attached hydrogens (tertiary/aromatic N) is 2. The molecule has 1 fully saturated rings. The average molecular weight is 375 g/mol. The molecule has 0 radical (unpaired) electrons. The molecule has 1 saturated heterocycles. The normalized spacial score (nSPS) is 22.5. The summed E-state index contributed by atoms with van der Waals surface area (Å²) in [5.41, 5.74) is 1.70. The van der Waals surface area contributed by atoms with Gasteiger partial charge in [-0.2, -0.15) is 0 Å². The van der Waals surface area contributed by atoms with E-state index in [1.807, 2.05) is 25.1 Å². The highest BCUT2D eigenvalue weighted by atomic mass is 35.5. The maximum atomic E-state index is 11.1. The maximum absolute atomic E-state index is 11.1. The van der Waals surface area contributed by atoms with Crippen molar-refractivity contribution in [2.24, 2.45) is 0 Å². The standard InChI is InChI=1S/C19H19ClN2O4/c1-19(16-6-5-13(20)11-21-16)25-15-4-2-3-14(17(15)26-19)12-7-9-22(10-8-12)18(23)24/h2-6,11-12H,7-10H2,1H3,(H,23,24). The van der Waals surface area contributed by atoms with E-state index in [1.54, 1.807) is 18.3 Å². The zero-order valence-corrected chi connectivity index (χ0v) is 15.1. The molecule has 0 saturated carbocycles. The van der Waals surface area contributed by atoms with Gasteiger partial charge in [0.2, 0.25) is 0 Å². The highest BCUT2D eigenvalue weighted by Crippen LogP contribution is 2.49. The van der Waals surface area contributed by atoms with Crippen LogP contribution in [0.4, 0.5) is 4.79 Å². The number of aromatic nitrogens is 1. The van der Waals surface area contributed by atoms with E-state index >= 15 is 0 Å². The van der Waals surface area contributed by atoms with Gasteiger partial charge in [-0.25, -0.2) is 4.79 Å². The number of ether oxygens (including phenoxy) is 2. The molecular formula is C19H19ClN2O4. The van der Waals surface area contributed by atoms with E-state index < -0.39 is 11.9 Å². The Labute approximate surface area is 156 Å². The molecule has 3 heterocycles. The number of fused-ring (bicyclic) bond motifs is 1. The van der Waals surface area contributed by atoms with Crippen LogP contribution in [-0.4, -0.2) is 34.2 Å². The lowest BCUT2D eigenvalue weighted by Gasteiger charge is -2.30. The summed E-state index contributed by atoms with van der Waals surface area (Å²) in [6, 6.07) is 9.41. The summed E-state index contributed by atoms with van der Waals surface area (Å²) in [6.45, 7) is 2.89. The quantitative estimate of drug-likeness (QED) is 0.851. The number of rotatable bonds is 2. The molecule has 0 aliphatic carbocycles. The van der Waals surface area contributed by atoms with Gasteiger partial charge < -0.3 is 19.5 Å². The van der Waals surface area contributed by atoms with E-state index in [0.29, 0.717) is 29.6 Å². The molecule has 1 aromatic heterocycles. The Morgan fingerprint density at radius 1 is 1.27 bits per heavy atom. The molecular weight excluding hydrogens is 356 g/mol. The molecule has 136 valence electrons. The number of para-hydroxylation sites is 1. The number of amides is 1. The number of benzene rings is 1. The number of halogens is 1. The van der Waals surface area contributed by atoms with Crippen molar-refractivity contribution < 1.29 is 19.4 Å². The highest BCUT2D eigenvalue weighted by Gasteiger charge is 2.42. The number of pyridine rings is 1. The van der Waals surface area contributed by atoms with Crippen molar-refractivity contribution in [2.45, 2.75) is 31.5 Å². The highest BCUT2D eigenvalue weighted by molar-refractivity contribution is 6.30. The fourth-order valence-electron chi connectivity index (χ4n) is 3.60. The lowest BCUT2D eigenvalue weighted by molar-refractivity contribution is -0.0722. The summed E-state index contributed by atoms with van der Waals surface area (Å²) >= 11 is 5.92. The number of piperidine rings is 1. The fraction of sp³-hybridized carbons (Fsp3) is 0.368. The molecule has 2 aliphatic heterocycles. The van der Waals surface area contributed by atoms with E-state index in [4.69, 9.17) is 26.2 Å². The van der Waals surface area contributed by atoms with Crippen molar-refractivity contribution in [1.82, 2.24) is 9.88 Å². The van der Waals surface area contributed by atoms with Crippen LogP contribution >= 0.6 is 11.6 Å². The van der Waals surface area contributed by atoms with Crippen molar-refractivity contribution in [2.75, 3.05) is 13.1 Å². The van der Waals surface area contributed by atoms with Gasteiger partial charge in [-0.15, -0.1) is 0 Å². The number of carbonyl (C=O) groups is 1. The van der Waals surface area contributed by atoms with Gasteiger partial charge in [0, 0.05) is 31.8 Å². The van der Waals surface area contributed by atoms with Crippen LogP contribution in [0.5, 0.6) is 11.5 Å². The molecule has 0 spiro atoms. The number of likely N-dealkylation sites (tertiary alicyclic amines) is 1. The van der Waals surface area contributed by atoms with Crippen LogP contribution in [0.2, 0.25) is 5.02 Å². The van der Waals surface area contributed by atoms with Crippen LogP contribution in [0.15, 0.2) is 36.5 Å². The molecule has 1 aromatic carbocycles. The number of hydrogen-bond donors (Lipinski definition) is 1. The van der Waals surface area contributed by atoms with Gasteiger partial charge in [-0.05, 0) is 37.0 Å². The van der Waals surface area contributed by atoms with Gasteiger partial charge in [0.25, 0.3) is 5.79 Å². The third-order valence-corrected chi connectivity index (χ3v) is 5.23. The van der Waals surface area contributed by atoms with E-state index in [2.05, 4.69) is 4.98 Å². The van der Waals surface area contributed by atoms with Crippen molar-refractivity contribution in [3.8, 4) is 11.5 Å². The summed E-state index contributed by atoms with van der Waals surface area (Å²) in [5.74, 6) is 0.637. The number of hydrogen-bond acceptors (Lipinski definition) is 4. The fourth-order valence-corrected chi connectivity index (χ4v) is 3.71. The van der Waals surface area contributed by atoms with E-state index in [-0.39, 0.29) is 5.92 Å². The number of carboxylic acid groups (broad SMARTS) is 1. The maximum Gasteiger partial charge on any atom is 0.407 e. The van der Waals surface area contributed by atoms with Gasteiger partial charge in [0.15, 0.2) is 11.5 Å². The minimum absolute atomic E-state index is 0.240. The van der Waals surface area contributed by atoms with Gasteiger partial charge in [-0.3, -0.25) is 4.98 Å². The second-order valence-corrected chi connectivity index (χ2v) is 7.17. The van der Waals surface area contributed by atoms with Gasteiger partial charge >= 0.3 is 6.09 Å². The first kappa shape index (κ1) is 17.0. The summed E-state index contributed by atoms with van der Waals surface area (Å²) in [7, 11) is 0. The van der Waals surface area contributed by atoms with Crippen LogP contribution in [-0.2, 0) is 5.79 Å².